The molecule has 0 aromatic carbocycles. The van der Waals surface area contributed by atoms with Crippen molar-refractivity contribution in [2.75, 3.05) is 12.9 Å². The van der Waals surface area contributed by atoms with Crippen molar-refractivity contribution in [3.63, 3.8) is 0 Å². The number of ketones is 1. The monoisotopic (exact) mass is 494 g/mol. The Bertz CT molecular complexity index is 868. The van der Waals surface area contributed by atoms with Gasteiger partial charge in [-0.25, -0.2) is 4.79 Å². The number of carbonyl (C=O) groups is 2. The summed E-state index contributed by atoms with van der Waals surface area (Å²) in [6, 6.07) is -0.428. The summed E-state index contributed by atoms with van der Waals surface area (Å²) >= 11 is 19.3. The summed E-state index contributed by atoms with van der Waals surface area (Å²) < 4.78 is 4.75. The Morgan fingerprint density at radius 2 is 1.93 bits per heavy atom. The molecule has 0 bridgehead atoms. The number of H-pyrrole nitrogens is 1. The molecule has 4 atom stereocenters. The number of esters is 1. The number of nitrogens with zero attached hydrogens (tertiary/aromatic N) is 1. The summed E-state index contributed by atoms with van der Waals surface area (Å²) in [6.45, 7) is 5.96. The minimum Gasteiger partial charge on any atom is -0.506 e. The lowest BCUT2D eigenvalue weighted by atomic mass is 9.88. The van der Waals surface area contributed by atoms with E-state index in [2.05, 4.69) is 23.8 Å². The van der Waals surface area contributed by atoms with Gasteiger partial charge in [0.15, 0.2) is 11.8 Å². The molecule has 0 spiro atoms. The number of allylic oxidation sites excluding steroid dienone is 1. The van der Waals surface area contributed by atoms with Gasteiger partial charge in [-0.05, 0) is 18.8 Å². The van der Waals surface area contributed by atoms with E-state index in [1.807, 2.05) is 6.92 Å². The third kappa shape index (κ3) is 6.19. The summed E-state index contributed by atoms with van der Waals surface area (Å²) in [7, 11) is 1.36. The summed E-state index contributed by atoms with van der Waals surface area (Å²) in [4.78, 5) is 31.3. The van der Waals surface area contributed by atoms with Crippen molar-refractivity contribution in [3.8, 4) is 0 Å². The number of methoxy groups -OCH3 is 1. The Labute approximate surface area is 195 Å². The second-order valence-corrected chi connectivity index (χ2v) is 9.74. The summed E-state index contributed by atoms with van der Waals surface area (Å²) in [5, 5.41) is 11.4. The lowest BCUT2D eigenvalue weighted by molar-refractivity contribution is -0.141. The first kappa shape index (κ1) is 25.1. The van der Waals surface area contributed by atoms with Crippen molar-refractivity contribution in [1.82, 2.24) is 4.98 Å². The van der Waals surface area contributed by atoms with Crippen LogP contribution in [0.4, 0.5) is 0 Å². The molecule has 10 heteroatoms. The predicted molar refractivity (Wildman–Crippen MR) is 124 cm³/mol. The van der Waals surface area contributed by atoms with Crippen molar-refractivity contribution in [2.24, 2.45) is 22.7 Å². The van der Waals surface area contributed by atoms with Gasteiger partial charge in [0.1, 0.15) is 16.6 Å². The molecule has 0 radical (unpaired) electrons. The van der Waals surface area contributed by atoms with Gasteiger partial charge in [-0.15, -0.1) is 11.8 Å². The number of halogens is 3. The number of aliphatic hydroxyl groups is 1. The van der Waals surface area contributed by atoms with Gasteiger partial charge in [0, 0.05) is 23.7 Å². The van der Waals surface area contributed by atoms with Crippen molar-refractivity contribution < 1.29 is 19.4 Å². The van der Waals surface area contributed by atoms with E-state index in [-0.39, 0.29) is 56.2 Å². The van der Waals surface area contributed by atoms with Gasteiger partial charge in [0.05, 0.1) is 22.2 Å². The SMILES string of the molecule is COC(=O)C1CSC(C(C)CC(C)CC(C)C(=O)C=C(O)c2[nH]c(Cl)c(Cl)c2Cl)=N1. The molecule has 0 saturated heterocycles. The van der Waals surface area contributed by atoms with Crippen LogP contribution in [0.3, 0.4) is 0 Å². The fraction of sp³-hybridized carbons (Fsp3) is 0.550. The van der Waals surface area contributed by atoms with Crippen LogP contribution in [0, 0.1) is 17.8 Å². The third-order valence-electron chi connectivity index (χ3n) is 4.94. The molecule has 2 heterocycles. The second kappa shape index (κ2) is 10.9. The lowest BCUT2D eigenvalue weighted by Crippen LogP contribution is -2.20. The van der Waals surface area contributed by atoms with Crippen LogP contribution >= 0.6 is 46.6 Å². The molecule has 2 rings (SSSR count). The fourth-order valence-corrected chi connectivity index (χ4v) is 5.13. The first-order chi connectivity index (χ1) is 14.0. The normalized spacial score (nSPS) is 19.9. The Morgan fingerprint density at radius 1 is 1.27 bits per heavy atom. The molecule has 1 aliphatic rings. The van der Waals surface area contributed by atoms with E-state index in [1.54, 1.807) is 11.8 Å². The van der Waals surface area contributed by atoms with E-state index in [9.17, 15) is 14.7 Å². The number of thioether (sulfide) groups is 1. The molecule has 0 fully saturated rings. The van der Waals surface area contributed by atoms with Crippen LogP contribution in [0.2, 0.25) is 15.2 Å². The van der Waals surface area contributed by atoms with Gasteiger partial charge in [0.25, 0.3) is 0 Å². The number of carbonyl (C=O) groups excluding carboxylic acids is 2. The standard InChI is InChI=1S/C20H25Cl3N2O4S/c1-9(6-11(3)19-24-12(8-30-19)20(28)29-4)5-10(2)13(26)7-14(27)17-15(21)16(22)18(23)25-17/h7,9-12,25,27H,5-6,8H2,1-4H3. The Hall–Kier alpha value is -1.15. The average Bonchev–Trinajstić information content (AvgIpc) is 3.28. The zero-order chi connectivity index (χ0) is 22.6. The number of hydrogen-bond donors (Lipinski definition) is 2. The summed E-state index contributed by atoms with van der Waals surface area (Å²) in [5.41, 5.74) is 0.116. The lowest BCUT2D eigenvalue weighted by Gasteiger charge is -2.19. The molecular formula is C20H25Cl3N2O4S. The highest BCUT2D eigenvalue weighted by molar-refractivity contribution is 8.14. The number of aromatic nitrogens is 1. The molecule has 0 amide bonds. The molecule has 1 aromatic heterocycles. The number of rotatable bonds is 9. The van der Waals surface area contributed by atoms with E-state index in [1.165, 1.54) is 7.11 Å². The van der Waals surface area contributed by atoms with Crippen LogP contribution in [0.1, 0.15) is 39.3 Å². The smallest absolute Gasteiger partial charge is 0.331 e. The number of hydrogen-bond acceptors (Lipinski definition) is 6. The maximum Gasteiger partial charge on any atom is 0.331 e. The van der Waals surface area contributed by atoms with E-state index >= 15 is 0 Å². The molecule has 0 aliphatic carbocycles. The molecule has 0 saturated carbocycles. The van der Waals surface area contributed by atoms with Gasteiger partial charge in [-0.1, -0.05) is 55.6 Å². The highest BCUT2D eigenvalue weighted by Crippen LogP contribution is 2.35. The molecular weight excluding hydrogens is 471 g/mol. The van der Waals surface area contributed by atoms with Crippen molar-refractivity contribution >= 4 is 69.1 Å². The highest BCUT2D eigenvalue weighted by atomic mass is 35.5. The van der Waals surface area contributed by atoms with Gasteiger partial charge < -0.3 is 14.8 Å². The largest absolute Gasteiger partial charge is 0.506 e. The second-order valence-electron chi connectivity index (χ2n) is 7.57. The number of ether oxygens (including phenoxy) is 1. The maximum absolute atomic E-state index is 12.5. The molecule has 4 unspecified atom stereocenters. The Balaban J connectivity index is 1.93. The third-order valence-corrected chi connectivity index (χ3v) is 7.46. The van der Waals surface area contributed by atoms with E-state index in [0.717, 1.165) is 17.5 Å². The quantitative estimate of drug-likeness (QED) is 0.256. The maximum atomic E-state index is 12.5. The number of aromatic amines is 1. The summed E-state index contributed by atoms with van der Waals surface area (Å²) in [5.74, 6) is -0.0978. The fourth-order valence-electron chi connectivity index (χ4n) is 3.39. The van der Waals surface area contributed by atoms with E-state index < -0.39 is 6.04 Å². The van der Waals surface area contributed by atoms with Gasteiger partial charge in [0.2, 0.25) is 0 Å². The van der Waals surface area contributed by atoms with Crippen LogP contribution in [0.5, 0.6) is 0 Å². The molecule has 1 aromatic rings. The Morgan fingerprint density at radius 3 is 2.50 bits per heavy atom. The highest BCUT2D eigenvalue weighted by Gasteiger charge is 2.29. The van der Waals surface area contributed by atoms with Crippen LogP contribution in [0.15, 0.2) is 11.1 Å². The minimum atomic E-state index is -0.428. The molecule has 2 N–H and O–H groups in total. The van der Waals surface area contributed by atoms with Crippen LogP contribution in [0.25, 0.3) is 5.76 Å². The molecule has 6 nitrogen and oxygen atoms in total. The van der Waals surface area contributed by atoms with Crippen molar-refractivity contribution in [3.05, 3.63) is 27.0 Å². The molecule has 166 valence electrons. The minimum absolute atomic E-state index is 0.0677. The molecule has 30 heavy (non-hydrogen) atoms. The van der Waals surface area contributed by atoms with Crippen molar-refractivity contribution in [2.45, 2.75) is 39.7 Å². The zero-order valence-corrected chi connectivity index (χ0v) is 20.3. The van der Waals surface area contributed by atoms with Crippen molar-refractivity contribution in [1.29, 1.82) is 0 Å². The van der Waals surface area contributed by atoms with Crippen LogP contribution < -0.4 is 0 Å². The van der Waals surface area contributed by atoms with Crippen LogP contribution in [-0.4, -0.2) is 45.8 Å². The average molecular weight is 496 g/mol. The topological polar surface area (TPSA) is 91.8 Å². The Kier molecular flexibility index (Phi) is 9.15. The predicted octanol–water partition coefficient (Wildman–Crippen LogP) is 5.82. The summed E-state index contributed by atoms with van der Waals surface area (Å²) in [6.07, 6.45) is 2.62. The zero-order valence-electron chi connectivity index (χ0n) is 17.2. The van der Waals surface area contributed by atoms with Gasteiger partial charge in [-0.3, -0.25) is 9.79 Å². The van der Waals surface area contributed by atoms with Gasteiger partial charge in [-0.2, -0.15) is 0 Å². The van der Waals surface area contributed by atoms with Crippen LogP contribution in [-0.2, 0) is 14.3 Å². The first-order valence-electron chi connectivity index (χ1n) is 9.50. The number of aliphatic hydroxyl groups excluding tert-OH is 1. The molecule has 1 aliphatic heterocycles. The van der Waals surface area contributed by atoms with E-state index in [4.69, 9.17) is 39.5 Å². The number of nitrogens with one attached hydrogen (secondary N) is 1. The number of aliphatic imine (C=N–C) groups is 1. The van der Waals surface area contributed by atoms with E-state index in [0.29, 0.717) is 12.2 Å². The first-order valence-corrected chi connectivity index (χ1v) is 11.6. The van der Waals surface area contributed by atoms with Gasteiger partial charge >= 0.3 is 5.97 Å².